The molecule has 0 spiro atoms. The fourth-order valence-corrected chi connectivity index (χ4v) is 3.55. The topological polar surface area (TPSA) is 71.1 Å². The van der Waals surface area contributed by atoms with Gasteiger partial charge in [-0.15, -0.1) is 11.3 Å². The third-order valence-corrected chi connectivity index (χ3v) is 4.99. The summed E-state index contributed by atoms with van der Waals surface area (Å²) in [6, 6.07) is 19.4. The molecule has 6 heteroatoms. The normalized spacial score (nSPS) is 10.4. The van der Waals surface area contributed by atoms with Crippen LogP contribution < -0.4 is 10.6 Å². The molecule has 0 saturated carbocycles. The number of hydrogen-bond donors (Lipinski definition) is 2. The van der Waals surface area contributed by atoms with Gasteiger partial charge >= 0.3 is 0 Å². The molecular formula is C21H21N3O2S. The number of aromatic nitrogens is 1. The van der Waals surface area contributed by atoms with Gasteiger partial charge in [-0.3, -0.25) is 9.59 Å². The van der Waals surface area contributed by atoms with Crippen molar-refractivity contribution < 1.29 is 9.59 Å². The highest BCUT2D eigenvalue weighted by Gasteiger charge is 2.20. The molecule has 0 aliphatic rings. The number of rotatable bonds is 7. The van der Waals surface area contributed by atoms with E-state index in [9.17, 15) is 9.59 Å². The highest BCUT2D eigenvalue weighted by Crippen LogP contribution is 2.33. The van der Waals surface area contributed by atoms with Crippen LogP contribution in [0.5, 0.6) is 0 Å². The van der Waals surface area contributed by atoms with Crippen LogP contribution in [0.3, 0.4) is 0 Å². The van der Waals surface area contributed by atoms with Gasteiger partial charge in [-0.05, 0) is 6.42 Å². The monoisotopic (exact) mass is 379 g/mol. The van der Waals surface area contributed by atoms with E-state index < -0.39 is 0 Å². The van der Waals surface area contributed by atoms with Gasteiger partial charge in [0.05, 0.1) is 12.2 Å². The number of carbonyl (C=O) groups is 2. The molecule has 1 aromatic heterocycles. The van der Waals surface area contributed by atoms with Gasteiger partial charge in [0.2, 0.25) is 5.91 Å². The Labute approximate surface area is 162 Å². The van der Waals surface area contributed by atoms with Gasteiger partial charge < -0.3 is 10.6 Å². The second-order valence-corrected chi connectivity index (χ2v) is 6.96. The average molecular weight is 379 g/mol. The molecule has 2 amide bonds. The molecule has 3 rings (SSSR count). The summed E-state index contributed by atoms with van der Waals surface area (Å²) in [6.07, 6.45) is 0.854. The summed E-state index contributed by atoms with van der Waals surface area (Å²) >= 11 is 1.33. The van der Waals surface area contributed by atoms with Crippen LogP contribution in [0.15, 0.2) is 60.7 Å². The Morgan fingerprint density at radius 3 is 2.19 bits per heavy atom. The van der Waals surface area contributed by atoms with Gasteiger partial charge in [0.25, 0.3) is 5.91 Å². The summed E-state index contributed by atoms with van der Waals surface area (Å²) in [5.74, 6) is -0.487. The van der Waals surface area contributed by atoms with Crippen LogP contribution in [0.1, 0.15) is 23.0 Å². The molecule has 27 heavy (non-hydrogen) atoms. The minimum Gasteiger partial charge on any atom is -0.355 e. The first-order valence-corrected chi connectivity index (χ1v) is 9.67. The molecule has 138 valence electrons. The molecule has 0 fully saturated rings. The van der Waals surface area contributed by atoms with Crippen LogP contribution in [0.25, 0.3) is 21.8 Å². The first-order chi connectivity index (χ1) is 13.2. The van der Waals surface area contributed by atoms with Gasteiger partial charge in [-0.1, -0.05) is 67.6 Å². The zero-order valence-corrected chi connectivity index (χ0v) is 15.9. The van der Waals surface area contributed by atoms with Crippen molar-refractivity contribution in [3.63, 3.8) is 0 Å². The fraction of sp³-hybridized carbons (Fsp3) is 0.190. The number of nitrogens with one attached hydrogen (secondary N) is 2. The van der Waals surface area contributed by atoms with E-state index in [2.05, 4.69) is 10.6 Å². The van der Waals surface area contributed by atoms with Gasteiger partial charge in [0.1, 0.15) is 9.88 Å². The van der Waals surface area contributed by atoms with E-state index in [-0.39, 0.29) is 18.4 Å². The van der Waals surface area contributed by atoms with Crippen LogP contribution in [0, 0.1) is 0 Å². The Hall–Kier alpha value is -2.99. The smallest absolute Gasteiger partial charge is 0.264 e. The Kier molecular flexibility index (Phi) is 6.33. The number of carbonyl (C=O) groups excluding carboxylic acids is 2. The molecule has 2 aromatic carbocycles. The molecule has 1 heterocycles. The van der Waals surface area contributed by atoms with Gasteiger partial charge in [0, 0.05) is 17.7 Å². The highest BCUT2D eigenvalue weighted by atomic mass is 32.1. The average Bonchev–Trinajstić information content (AvgIpc) is 3.17. The van der Waals surface area contributed by atoms with E-state index in [1.54, 1.807) is 0 Å². The summed E-state index contributed by atoms with van der Waals surface area (Å²) in [7, 11) is 0. The second kappa shape index (κ2) is 9.09. The van der Waals surface area contributed by atoms with Crippen LogP contribution in [0.2, 0.25) is 0 Å². The lowest BCUT2D eigenvalue weighted by Gasteiger charge is -2.06. The van der Waals surface area contributed by atoms with Crippen molar-refractivity contribution in [1.29, 1.82) is 0 Å². The lowest BCUT2D eigenvalue weighted by atomic mass is 10.1. The van der Waals surface area contributed by atoms with Crippen molar-refractivity contribution >= 4 is 23.2 Å². The molecule has 0 saturated heterocycles. The predicted octanol–water partition coefficient (Wildman–Crippen LogP) is 3.73. The fourth-order valence-electron chi connectivity index (χ4n) is 2.54. The van der Waals surface area contributed by atoms with Crippen LogP contribution in [-0.2, 0) is 4.79 Å². The standard InChI is InChI=1S/C21H21N3O2S/c1-2-13-22-17(25)14-23-20(26)19-18(15-9-5-3-6-10-15)24-21(27-19)16-11-7-4-8-12-16/h3-12H,2,13-14H2,1H3,(H,22,25)(H,23,26). The maximum absolute atomic E-state index is 12.7. The number of benzene rings is 2. The first-order valence-electron chi connectivity index (χ1n) is 8.85. The summed E-state index contributed by atoms with van der Waals surface area (Å²) < 4.78 is 0. The maximum Gasteiger partial charge on any atom is 0.264 e. The Bertz CT molecular complexity index is 908. The largest absolute Gasteiger partial charge is 0.355 e. The van der Waals surface area contributed by atoms with E-state index in [1.165, 1.54) is 11.3 Å². The van der Waals surface area contributed by atoms with E-state index >= 15 is 0 Å². The molecule has 0 aliphatic heterocycles. The SMILES string of the molecule is CCCNC(=O)CNC(=O)c1sc(-c2ccccc2)nc1-c1ccccc1. The third kappa shape index (κ3) is 4.80. The van der Waals surface area contributed by atoms with Gasteiger partial charge in [0.15, 0.2) is 0 Å². The first kappa shape index (κ1) is 18.8. The summed E-state index contributed by atoms with van der Waals surface area (Å²) in [6.45, 7) is 2.53. The number of nitrogens with zero attached hydrogens (tertiary/aromatic N) is 1. The van der Waals surface area contributed by atoms with Crippen LogP contribution in [0.4, 0.5) is 0 Å². The zero-order chi connectivity index (χ0) is 19.1. The number of amides is 2. The molecule has 5 nitrogen and oxygen atoms in total. The molecule has 0 atom stereocenters. The lowest BCUT2D eigenvalue weighted by molar-refractivity contribution is -0.120. The number of thiazole rings is 1. The minimum atomic E-state index is -0.291. The lowest BCUT2D eigenvalue weighted by Crippen LogP contribution is -2.37. The maximum atomic E-state index is 12.7. The van der Waals surface area contributed by atoms with E-state index in [0.29, 0.717) is 17.1 Å². The van der Waals surface area contributed by atoms with Crippen molar-refractivity contribution in [1.82, 2.24) is 15.6 Å². The van der Waals surface area contributed by atoms with Crippen LogP contribution in [-0.4, -0.2) is 29.9 Å². The van der Waals surface area contributed by atoms with Crippen molar-refractivity contribution in [2.75, 3.05) is 13.1 Å². The van der Waals surface area contributed by atoms with Gasteiger partial charge in [-0.2, -0.15) is 0 Å². The molecular weight excluding hydrogens is 358 g/mol. The summed E-state index contributed by atoms with van der Waals surface area (Å²) in [4.78, 5) is 29.7. The molecule has 2 N–H and O–H groups in total. The van der Waals surface area contributed by atoms with Crippen LogP contribution >= 0.6 is 11.3 Å². The summed E-state index contributed by atoms with van der Waals surface area (Å²) in [5, 5.41) is 6.23. The zero-order valence-electron chi connectivity index (χ0n) is 15.1. The Balaban J connectivity index is 1.87. The molecule has 0 bridgehead atoms. The third-order valence-electron chi connectivity index (χ3n) is 3.88. The minimum absolute atomic E-state index is 0.0500. The van der Waals surface area contributed by atoms with Crippen molar-refractivity contribution in [3.8, 4) is 21.8 Å². The molecule has 3 aromatic rings. The Morgan fingerprint density at radius 1 is 0.926 bits per heavy atom. The van der Waals surface area contributed by atoms with Crippen molar-refractivity contribution in [2.24, 2.45) is 0 Å². The quantitative estimate of drug-likeness (QED) is 0.657. The van der Waals surface area contributed by atoms with E-state index in [4.69, 9.17) is 4.98 Å². The highest BCUT2D eigenvalue weighted by molar-refractivity contribution is 7.17. The predicted molar refractivity (Wildman–Crippen MR) is 109 cm³/mol. The Morgan fingerprint density at radius 2 is 1.56 bits per heavy atom. The second-order valence-electron chi connectivity index (χ2n) is 5.96. The molecule has 0 radical (unpaired) electrons. The molecule has 0 aliphatic carbocycles. The van der Waals surface area contributed by atoms with Crippen molar-refractivity contribution in [2.45, 2.75) is 13.3 Å². The summed E-state index contributed by atoms with van der Waals surface area (Å²) in [5.41, 5.74) is 2.46. The number of hydrogen-bond acceptors (Lipinski definition) is 4. The van der Waals surface area contributed by atoms with E-state index in [1.807, 2.05) is 67.6 Å². The van der Waals surface area contributed by atoms with Gasteiger partial charge in [-0.25, -0.2) is 4.98 Å². The van der Waals surface area contributed by atoms with Crippen molar-refractivity contribution in [3.05, 3.63) is 65.5 Å². The van der Waals surface area contributed by atoms with E-state index in [0.717, 1.165) is 22.6 Å². The molecule has 0 unspecified atom stereocenters.